The molecule has 1 saturated carbocycles. The van der Waals surface area contributed by atoms with E-state index >= 15 is 0 Å². The lowest BCUT2D eigenvalue weighted by molar-refractivity contribution is -0.137. The van der Waals surface area contributed by atoms with Crippen molar-refractivity contribution < 1.29 is 18.0 Å². The van der Waals surface area contributed by atoms with E-state index in [1.165, 1.54) is 29.7 Å². The van der Waals surface area contributed by atoms with Gasteiger partial charge in [-0.05, 0) is 48.1 Å². The maximum Gasteiger partial charge on any atom is 0.416 e. The number of halogens is 3. The molecule has 4 rings (SSSR count). The lowest BCUT2D eigenvalue weighted by atomic mass is 9.88. The summed E-state index contributed by atoms with van der Waals surface area (Å²) < 4.78 is 39.1. The average Bonchev–Trinajstić information content (AvgIpc) is 2.90. The highest BCUT2D eigenvalue weighted by atomic mass is 19.4. The summed E-state index contributed by atoms with van der Waals surface area (Å²) in [6, 6.07) is 25.5. The zero-order valence-electron chi connectivity index (χ0n) is 20.4. The number of alkyl halides is 3. The van der Waals surface area contributed by atoms with Crippen LogP contribution in [0.2, 0.25) is 0 Å². The smallest absolute Gasteiger partial charge is 0.335 e. The fraction of sp³-hybridized carbons (Fsp3) is 0.367. The molecule has 0 heterocycles. The Bertz CT molecular complexity index is 1040. The van der Waals surface area contributed by atoms with Crippen molar-refractivity contribution in [3.05, 3.63) is 107 Å². The zero-order valence-corrected chi connectivity index (χ0v) is 20.4. The van der Waals surface area contributed by atoms with Crippen LogP contribution < -0.4 is 5.32 Å². The SMILES string of the molecule is O=C(NC1CCCCC1)N(CCC(c1ccccc1)c1ccccc1)Cc1ccc(C(F)(F)F)cc1. The van der Waals surface area contributed by atoms with Gasteiger partial charge >= 0.3 is 12.2 Å². The van der Waals surface area contributed by atoms with Gasteiger partial charge in [0.15, 0.2) is 0 Å². The maximum atomic E-state index is 13.4. The molecule has 1 N–H and O–H groups in total. The molecule has 6 heteroatoms. The van der Waals surface area contributed by atoms with Gasteiger partial charge in [-0.3, -0.25) is 0 Å². The van der Waals surface area contributed by atoms with Crippen LogP contribution in [0.15, 0.2) is 84.9 Å². The fourth-order valence-corrected chi connectivity index (χ4v) is 4.97. The lowest BCUT2D eigenvalue weighted by Gasteiger charge is -2.30. The summed E-state index contributed by atoms with van der Waals surface area (Å²) in [6.45, 7) is 0.737. The summed E-state index contributed by atoms with van der Waals surface area (Å²) in [5, 5.41) is 3.19. The first-order valence-corrected chi connectivity index (χ1v) is 12.7. The second-order valence-electron chi connectivity index (χ2n) is 9.56. The lowest BCUT2D eigenvalue weighted by Crippen LogP contribution is -2.45. The van der Waals surface area contributed by atoms with Gasteiger partial charge in [-0.1, -0.05) is 92.1 Å². The normalized spacial score (nSPS) is 14.6. The zero-order chi connectivity index (χ0) is 25.4. The number of hydrogen-bond donors (Lipinski definition) is 1. The Balaban J connectivity index is 1.53. The third-order valence-electron chi connectivity index (χ3n) is 6.97. The minimum atomic E-state index is -4.38. The first-order chi connectivity index (χ1) is 17.4. The molecule has 190 valence electrons. The van der Waals surface area contributed by atoms with Crippen LogP contribution >= 0.6 is 0 Å². The Morgan fingerprint density at radius 1 is 0.833 bits per heavy atom. The second-order valence-corrected chi connectivity index (χ2v) is 9.56. The highest BCUT2D eigenvalue weighted by Gasteiger charge is 2.30. The number of carbonyl (C=O) groups is 1. The number of hydrogen-bond acceptors (Lipinski definition) is 1. The van der Waals surface area contributed by atoms with Gasteiger partial charge in [-0.2, -0.15) is 13.2 Å². The first-order valence-electron chi connectivity index (χ1n) is 12.7. The van der Waals surface area contributed by atoms with E-state index in [0.29, 0.717) is 18.5 Å². The van der Waals surface area contributed by atoms with Crippen molar-refractivity contribution in [1.29, 1.82) is 0 Å². The summed E-state index contributed by atoms with van der Waals surface area (Å²) in [5.41, 5.74) is 2.34. The fourth-order valence-electron chi connectivity index (χ4n) is 4.97. The topological polar surface area (TPSA) is 32.3 Å². The second kappa shape index (κ2) is 12.1. The van der Waals surface area contributed by atoms with Gasteiger partial charge in [0.05, 0.1) is 5.56 Å². The van der Waals surface area contributed by atoms with Crippen LogP contribution in [0, 0.1) is 0 Å². The summed E-state index contributed by atoms with van der Waals surface area (Å²) in [6.07, 6.45) is 1.66. The summed E-state index contributed by atoms with van der Waals surface area (Å²) in [4.78, 5) is 15.1. The standard InChI is InChI=1S/C30H33F3N2O/c31-30(32,33)26-18-16-23(17-19-26)22-35(29(36)34-27-14-8-3-9-15-27)21-20-28(24-10-4-1-5-11-24)25-12-6-2-7-13-25/h1-2,4-7,10-13,16-19,27-28H,3,8-9,14-15,20-22H2,(H,34,36). The maximum absolute atomic E-state index is 13.4. The Labute approximate surface area is 211 Å². The minimum Gasteiger partial charge on any atom is -0.335 e. The molecule has 0 bridgehead atoms. The van der Waals surface area contributed by atoms with E-state index in [1.54, 1.807) is 4.90 Å². The number of carbonyl (C=O) groups excluding carboxylic acids is 1. The van der Waals surface area contributed by atoms with Gasteiger partial charge in [-0.15, -0.1) is 0 Å². The van der Waals surface area contributed by atoms with Crippen LogP contribution in [0.1, 0.15) is 66.7 Å². The van der Waals surface area contributed by atoms with Gasteiger partial charge in [0.1, 0.15) is 0 Å². The third kappa shape index (κ3) is 7.12. The van der Waals surface area contributed by atoms with Crippen molar-refractivity contribution in [2.24, 2.45) is 0 Å². The molecule has 1 fully saturated rings. The Morgan fingerprint density at radius 2 is 1.39 bits per heavy atom. The van der Waals surface area contributed by atoms with Crippen LogP contribution in [0.3, 0.4) is 0 Å². The molecule has 0 atom stereocenters. The molecule has 0 aliphatic heterocycles. The van der Waals surface area contributed by atoms with Gasteiger partial charge in [0, 0.05) is 25.0 Å². The monoisotopic (exact) mass is 494 g/mol. The van der Waals surface area contributed by atoms with Crippen molar-refractivity contribution in [1.82, 2.24) is 10.2 Å². The molecule has 0 unspecified atom stereocenters. The van der Waals surface area contributed by atoms with Crippen molar-refractivity contribution in [2.75, 3.05) is 6.54 Å². The molecule has 0 saturated heterocycles. The molecule has 2 amide bonds. The third-order valence-corrected chi connectivity index (χ3v) is 6.97. The van der Waals surface area contributed by atoms with Gasteiger partial charge in [0.2, 0.25) is 0 Å². The van der Waals surface area contributed by atoms with Crippen molar-refractivity contribution in [3.8, 4) is 0 Å². The summed E-state index contributed by atoms with van der Waals surface area (Å²) in [5.74, 6) is 0.102. The Hall–Kier alpha value is -3.28. The molecular weight excluding hydrogens is 461 g/mol. The average molecular weight is 495 g/mol. The molecule has 0 radical (unpaired) electrons. The van der Waals surface area contributed by atoms with E-state index in [0.717, 1.165) is 37.8 Å². The molecule has 3 nitrogen and oxygen atoms in total. The Morgan fingerprint density at radius 3 is 1.92 bits per heavy atom. The van der Waals surface area contributed by atoms with Gasteiger partial charge < -0.3 is 10.2 Å². The minimum absolute atomic E-state index is 0.102. The molecule has 0 aromatic heterocycles. The van der Waals surface area contributed by atoms with Gasteiger partial charge in [-0.25, -0.2) is 4.79 Å². The van der Waals surface area contributed by atoms with E-state index in [9.17, 15) is 18.0 Å². The van der Waals surface area contributed by atoms with Crippen molar-refractivity contribution in [3.63, 3.8) is 0 Å². The van der Waals surface area contributed by atoms with Gasteiger partial charge in [0.25, 0.3) is 0 Å². The summed E-state index contributed by atoms with van der Waals surface area (Å²) >= 11 is 0. The van der Waals surface area contributed by atoms with E-state index in [1.807, 2.05) is 36.4 Å². The van der Waals surface area contributed by atoms with E-state index in [2.05, 4.69) is 29.6 Å². The predicted octanol–water partition coefficient (Wildman–Crippen LogP) is 7.77. The van der Waals surface area contributed by atoms with E-state index in [4.69, 9.17) is 0 Å². The molecule has 3 aromatic rings. The van der Waals surface area contributed by atoms with Crippen LogP contribution in [-0.2, 0) is 12.7 Å². The molecule has 0 spiro atoms. The number of amides is 2. The van der Waals surface area contributed by atoms with E-state index < -0.39 is 11.7 Å². The van der Waals surface area contributed by atoms with Crippen molar-refractivity contribution >= 4 is 6.03 Å². The number of urea groups is 1. The first kappa shape index (κ1) is 25.8. The number of rotatable bonds is 8. The number of nitrogens with zero attached hydrogens (tertiary/aromatic N) is 1. The van der Waals surface area contributed by atoms with Crippen LogP contribution in [0.5, 0.6) is 0 Å². The van der Waals surface area contributed by atoms with Crippen LogP contribution in [0.4, 0.5) is 18.0 Å². The van der Waals surface area contributed by atoms with Crippen molar-refractivity contribution in [2.45, 2.75) is 63.2 Å². The molecule has 1 aliphatic rings. The summed E-state index contributed by atoms with van der Waals surface area (Å²) in [7, 11) is 0. The molecule has 3 aromatic carbocycles. The molecule has 36 heavy (non-hydrogen) atoms. The highest BCUT2D eigenvalue weighted by molar-refractivity contribution is 5.74. The number of nitrogens with one attached hydrogen (secondary N) is 1. The largest absolute Gasteiger partial charge is 0.416 e. The highest BCUT2D eigenvalue weighted by Crippen LogP contribution is 2.30. The molecular formula is C30H33F3N2O. The Kier molecular flexibility index (Phi) is 8.68. The van der Waals surface area contributed by atoms with Crippen LogP contribution in [-0.4, -0.2) is 23.5 Å². The van der Waals surface area contributed by atoms with E-state index in [-0.39, 0.29) is 24.5 Å². The molecule has 1 aliphatic carbocycles. The quantitative estimate of drug-likeness (QED) is 0.341. The predicted molar refractivity (Wildman–Crippen MR) is 137 cm³/mol. The number of benzene rings is 3. The van der Waals surface area contributed by atoms with Crippen LogP contribution in [0.25, 0.3) is 0 Å².